The van der Waals surface area contributed by atoms with E-state index in [1.165, 1.54) is 18.3 Å². The van der Waals surface area contributed by atoms with E-state index in [9.17, 15) is 19.5 Å². The van der Waals surface area contributed by atoms with E-state index >= 15 is 0 Å². The molecular formula is C43H41N5O4S. The van der Waals surface area contributed by atoms with E-state index in [1.54, 1.807) is 18.5 Å². The van der Waals surface area contributed by atoms with E-state index in [0.29, 0.717) is 10.7 Å². The Kier molecular flexibility index (Phi) is 11.1. The number of carbonyl (C=O) groups is 3. The fourth-order valence-electron chi connectivity index (χ4n) is 5.73. The van der Waals surface area contributed by atoms with Crippen LogP contribution in [-0.2, 0) is 21.4 Å². The van der Waals surface area contributed by atoms with Crippen LogP contribution < -0.4 is 15.5 Å². The molecule has 0 spiro atoms. The zero-order valence-corrected chi connectivity index (χ0v) is 30.8. The third-order valence-corrected chi connectivity index (χ3v) is 10.2. The summed E-state index contributed by atoms with van der Waals surface area (Å²) in [5.41, 5.74) is 6.46. The van der Waals surface area contributed by atoms with Gasteiger partial charge >= 0.3 is 5.97 Å². The van der Waals surface area contributed by atoms with Crippen LogP contribution in [0.25, 0.3) is 22.5 Å². The summed E-state index contributed by atoms with van der Waals surface area (Å²) in [7, 11) is 0. The van der Waals surface area contributed by atoms with Gasteiger partial charge in [0.25, 0.3) is 5.91 Å². The third kappa shape index (κ3) is 9.03. The van der Waals surface area contributed by atoms with Crippen molar-refractivity contribution in [2.45, 2.75) is 51.6 Å². The predicted molar refractivity (Wildman–Crippen MR) is 211 cm³/mol. The van der Waals surface area contributed by atoms with Crippen LogP contribution in [0.2, 0.25) is 0 Å². The maximum absolute atomic E-state index is 13.2. The van der Waals surface area contributed by atoms with Crippen LogP contribution in [0.3, 0.4) is 0 Å². The summed E-state index contributed by atoms with van der Waals surface area (Å²) in [5, 5.41) is 14.7. The fourth-order valence-corrected chi connectivity index (χ4v) is 6.70. The van der Waals surface area contributed by atoms with Crippen molar-refractivity contribution < 1.29 is 19.5 Å². The fraction of sp³-hybridized carbons (Fsp3) is 0.186. The number of hydrogen-bond acceptors (Lipinski definition) is 7. The van der Waals surface area contributed by atoms with Gasteiger partial charge in [0.05, 0.1) is 4.88 Å². The third-order valence-electron chi connectivity index (χ3n) is 8.71. The van der Waals surface area contributed by atoms with Gasteiger partial charge in [-0.3, -0.25) is 14.4 Å². The average Bonchev–Trinajstić information content (AvgIpc) is 3.68. The van der Waals surface area contributed by atoms with Gasteiger partial charge in [-0.15, -0.1) is 11.3 Å². The molecule has 9 nitrogen and oxygen atoms in total. The van der Waals surface area contributed by atoms with E-state index in [4.69, 9.17) is 0 Å². The number of aromatic nitrogens is 2. The van der Waals surface area contributed by atoms with Crippen LogP contribution in [0, 0.1) is 0 Å². The first-order valence-corrected chi connectivity index (χ1v) is 18.1. The summed E-state index contributed by atoms with van der Waals surface area (Å²) < 4.78 is 0. The van der Waals surface area contributed by atoms with Crippen molar-refractivity contribution in [2.75, 3.05) is 4.90 Å². The number of rotatable bonds is 12. The second kappa shape index (κ2) is 16.0. The molecule has 0 aliphatic heterocycles. The Morgan fingerprint density at radius 2 is 1.25 bits per heavy atom. The first-order valence-electron chi connectivity index (χ1n) is 17.3. The predicted octanol–water partition coefficient (Wildman–Crippen LogP) is 8.57. The highest BCUT2D eigenvalue weighted by atomic mass is 32.1. The number of carboxylic acids is 1. The number of anilines is 3. The maximum atomic E-state index is 13.2. The van der Waals surface area contributed by atoms with Gasteiger partial charge in [-0.05, 0) is 72.0 Å². The molecule has 2 amide bonds. The molecule has 6 rings (SSSR count). The Morgan fingerprint density at radius 3 is 1.77 bits per heavy atom. The Labute approximate surface area is 313 Å². The molecule has 0 aliphatic carbocycles. The number of carbonyl (C=O) groups excluding carboxylic acids is 2. The van der Waals surface area contributed by atoms with Crippen molar-refractivity contribution in [3.05, 3.63) is 149 Å². The first-order chi connectivity index (χ1) is 25.5. The lowest BCUT2D eigenvalue weighted by Crippen LogP contribution is -2.51. The number of nitrogens with one attached hydrogen (secondary N) is 2. The molecule has 0 saturated heterocycles. The zero-order chi connectivity index (χ0) is 37.5. The average molecular weight is 724 g/mol. The van der Waals surface area contributed by atoms with Gasteiger partial charge in [0, 0.05) is 51.9 Å². The second-order valence-corrected chi connectivity index (χ2v) is 14.8. The first kappa shape index (κ1) is 36.7. The molecule has 6 aromatic rings. The summed E-state index contributed by atoms with van der Waals surface area (Å²) in [4.78, 5) is 50.9. The molecule has 0 radical (unpaired) electrons. The highest BCUT2D eigenvalue weighted by Crippen LogP contribution is 2.35. The van der Waals surface area contributed by atoms with Gasteiger partial charge in [-0.25, -0.2) is 9.97 Å². The van der Waals surface area contributed by atoms with Gasteiger partial charge in [-0.2, -0.15) is 0 Å². The quantitative estimate of drug-likeness (QED) is 0.116. The molecule has 2 atom stereocenters. The van der Waals surface area contributed by atoms with Gasteiger partial charge < -0.3 is 20.6 Å². The molecule has 0 fully saturated rings. The highest BCUT2D eigenvalue weighted by Gasteiger charge is 2.26. The smallest absolute Gasteiger partial charge is 0.325 e. The molecule has 10 heteroatoms. The van der Waals surface area contributed by atoms with E-state index in [-0.39, 0.29) is 11.8 Å². The van der Waals surface area contributed by atoms with Gasteiger partial charge in [0.2, 0.25) is 5.91 Å². The van der Waals surface area contributed by atoms with E-state index < -0.39 is 29.9 Å². The minimum atomic E-state index is -1.17. The molecule has 2 heterocycles. The summed E-state index contributed by atoms with van der Waals surface area (Å²) in [6, 6.07) is 37.8. The van der Waals surface area contributed by atoms with E-state index in [0.717, 1.165) is 44.2 Å². The number of amides is 2. The van der Waals surface area contributed by atoms with E-state index in [2.05, 4.69) is 94.8 Å². The Bertz CT molecular complexity index is 2120. The van der Waals surface area contributed by atoms with Crippen LogP contribution in [0.15, 0.2) is 134 Å². The Hall–Kier alpha value is -6.13. The summed E-state index contributed by atoms with van der Waals surface area (Å²) >= 11 is 1.37. The molecule has 3 N–H and O–H groups in total. The van der Waals surface area contributed by atoms with E-state index in [1.807, 2.05) is 66.7 Å². The number of benzene rings is 4. The summed E-state index contributed by atoms with van der Waals surface area (Å²) in [5.74, 6) is -1.59. The van der Waals surface area contributed by atoms with Crippen LogP contribution in [0.4, 0.5) is 17.1 Å². The van der Waals surface area contributed by atoms with Crippen molar-refractivity contribution in [1.82, 2.24) is 20.6 Å². The molecule has 0 bridgehead atoms. The molecule has 2 unspecified atom stereocenters. The number of nitrogens with zero attached hydrogens (tertiary/aromatic N) is 3. The van der Waals surface area contributed by atoms with Gasteiger partial charge in [-0.1, -0.05) is 93.6 Å². The van der Waals surface area contributed by atoms with Crippen LogP contribution in [-0.4, -0.2) is 44.9 Å². The monoisotopic (exact) mass is 723 g/mol. The number of thiophene rings is 1. The molecule has 53 heavy (non-hydrogen) atoms. The van der Waals surface area contributed by atoms with Crippen LogP contribution in [0.1, 0.15) is 47.8 Å². The van der Waals surface area contributed by atoms with Crippen molar-refractivity contribution >= 4 is 46.2 Å². The van der Waals surface area contributed by atoms with Crippen molar-refractivity contribution in [2.24, 2.45) is 0 Å². The molecular weight excluding hydrogens is 683 g/mol. The molecule has 0 aliphatic rings. The molecule has 0 saturated carbocycles. The lowest BCUT2D eigenvalue weighted by Gasteiger charge is -2.25. The maximum Gasteiger partial charge on any atom is 0.325 e. The summed E-state index contributed by atoms with van der Waals surface area (Å²) in [6.45, 7) is 7.59. The topological polar surface area (TPSA) is 125 Å². The normalized spacial score (nSPS) is 12.4. The Morgan fingerprint density at radius 1 is 0.698 bits per heavy atom. The van der Waals surface area contributed by atoms with Gasteiger partial charge in [0.1, 0.15) is 12.1 Å². The second-order valence-electron chi connectivity index (χ2n) is 13.8. The molecule has 4 aromatic carbocycles. The number of aliphatic carboxylic acids is 1. The lowest BCUT2D eigenvalue weighted by atomic mass is 9.95. The molecule has 268 valence electrons. The largest absolute Gasteiger partial charge is 0.480 e. The summed E-state index contributed by atoms with van der Waals surface area (Å²) in [6.07, 6.45) is 3.75. The zero-order valence-electron chi connectivity index (χ0n) is 30.0. The number of carboxylic acid groups (broad SMARTS) is 1. The van der Waals surface area contributed by atoms with Crippen molar-refractivity contribution in [3.63, 3.8) is 0 Å². The minimum Gasteiger partial charge on any atom is -0.480 e. The number of hydrogen-bond donors (Lipinski definition) is 3. The lowest BCUT2D eigenvalue weighted by molar-refractivity contribution is -0.141. The highest BCUT2D eigenvalue weighted by molar-refractivity contribution is 7.14. The number of para-hydroxylation sites is 2. The van der Waals surface area contributed by atoms with Crippen LogP contribution in [0.5, 0.6) is 0 Å². The Balaban J connectivity index is 1.15. The van der Waals surface area contributed by atoms with Crippen molar-refractivity contribution in [1.29, 1.82) is 0 Å². The molecule has 2 aromatic heterocycles. The van der Waals surface area contributed by atoms with Crippen LogP contribution >= 0.6 is 11.3 Å². The standard InChI is InChI=1S/C43H41N5O4S/c1-28(42(51)52)46-40(49)36(47-41(50)37-23-24-38(53-37)43(2,3)4)25-29-15-17-31(18-16-29)39-44-26-32(27-45-39)30-19-21-35(22-20-30)48(33-11-7-5-8-12-33)34-13-9-6-10-14-34/h5-24,26-28,36H,25H2,1-4H3,(H,46,49)(H,47,50)(H,51,52). The van der Waals surface area contributed by atoms with Gasteiger partial charge in [0.15, 0.2) is 5.82 Å². The van der Waals surface area contributed by atoms with Crippen molar-refractivity contribution in [3.8, 4) is 22.5 Å². The minimum absolute atomic E-state index is 0.123. The SMILES string of the molecule is CC(NC(=O)C(Cc1ccc(-c2ncc(-c3ccc(N(c4ccccc4)c4ccccc4)cc3)cn2)cc1)NC(=O)c1ccc(C(C)(C)C)s1)C(=O)O.